The van der Waals surface area contributed by atoms with Crippen molar-refractivity contribution in [3.63, 3.8) is 0 Å². The highest BCUT2D eigenvalue weighted by atomic mass is 35.5. The molecular weight excluding hydrogens is 330 g/mol. The molecule has 24 heavy (non-hydrogen) atoms. The number of hydrogen-bond donors (Lipinski definition) is 1. The molecule has 0 aliphatic rings. The van der Waals surface area contributed by atoms with Gasteiger partial charge in [-0.05, 0) is 52.3 Å². The maximum Gasteiger partial charge on any atom is 0.342 e. The number of aryl methyl sites for hydroxylation is 3. The molecule has 5 nitrogen and oxygen atoms in total. The second-order valence-electron chi connectivity index (χ2n) is 5.71. The molecule has 1 heterocycles. The number of ether oxygens (including phenoxy) is 1. The first-order valence-corrected chi connectivity index (χ1v) is 7.93. The van der Waals surface area contributed by atoms with E-state index in [1.165, 1.54) is 6.92 Å². The number of anilines is 1. The van der Waals surface area contributed by atoms with Crippen LogP contribution in [0.15, 0.2) is 22.6 Å². The first kappa shape index (κ1) is 18.1. The third-order valence-corrected chi connectivity index (χ3v) is 4.11. The second-order valence-corrected chi connectivity index (χ2v) is 6.15. The molecule has 2 rings (SSSR count). The van der Waals surface area contributed by atoms with Gasteiger partial charge < -0.3 is 14.5 Å². The van der Waals surface area contributed by atoms with Crippen molar-refractivity contribution in [2.45, 2.75) is 40.7 Å². The number of benzene rings is 1. The molecule has 0 aliphatic carbocycles. The third-order valence-electron chi connectivity index (χ3n) is 3.88. The zero-order valence-electron chi connectivity index (χ0n) is 14.3. The summed E-state index contributed by atoms with van der Waals surface area (Å²) in [6.07, 6.45) is -0.954. The lowest BCUT2D eigenvalue weighted by molar-refractivity contribution is -0.123. The largest absolute Gasteiger partial charge is 0.465 e. The molecule has 0 saturated carbocycles. The molecule has 1 aromatic heterocycles. The monoisotopic (exact) mass is 349 g/mol. The molecule has 0 fully saturated rings. The van der Waals surface area contributed by atoms with Crippen molar-refractivity contribution < 1.29 is 18.7 Å². The lowest BCUT2D eigenvalue weighted by Gasteiger charge is -2.15. The number of rotatable bonds is 4. The molecule has 0 bridgehead atoms. The van der Waals surface area contributed by atoms with Crippen molar-refractivity contribution in [1.29, 1.82) is 0 Å². The van der Waals surface area contributed by atoms with E-state index in [9.17, 15) is 9.59 Å². The lowest BCUT2D eigenvalue weighted by atomic mass is 10.1. The number of amides is 1. The van der Waals surface area contributed by atoms with Gasteiger partial charge in [-0.3, -0.25) is 4.79 Å². The van der Waals surface area contributed by atoms with Crippen LogP contribution in [-0.2, 0) is 9.53 Å². The van der Waals surface area contributed by atoms with E-state index in [1.807, 2.05) is 6.92 Å². The number of halogens is 1. The predicted octanol–water partition coefficient (Wildman–Crippen LogP) is 4.35. The summed E-state index contributed by atoms with van der Waals surface area (Å²) in [4.78, 5) is 24.6. The minimum atomic E-state index is -0.954. The molecular formula is C18H20ClNO4. The van der Waals surface area contributed by atoms with Crippen molar-refractivity contribution in [3.8, 4) is 0 Å². The molecule has 1 N–H and O–H groups in total. The van der Waals surface area contributed by atoms with Crippen molar-refractivity contribution in [2.24, 2.45) is 0 Å². The van der Waals surface area contributed by atoms with Crippen molar-refractivity contribution in [3.05, 3.63) is 51.4 Å². The molecule has 1 amide bonds. The van der Waals surface area contributed by atoms with Gasteiger partial charge in [-0.25, -0.2) is 4.79 Å². The van der Waals surface area contributed by atoms with Crippen LogP contribution in [0.3, 0.4) is 0 Å². The maximum atomic E-state index is 12.3. The Hall–Kier alpha value is -2.27. The van der Waals surface area contributed by atoms with E-state index in [1.54, 1.807) is 39.0 Å². The predicted molar refractivity (Wildman–Crippen MR) is 92.6 cm³/mol. The zero-order chi connectivity index (χ0) is 18.0. The zero-order valence-corrected chi connectivity index (χ0v) is 15.1. The summed E-state index contributed by atoms with van der Waals surface area (Å²) in [5, 5.41) is 3.23. The van der Waals surface area contributed by atoms with Gasteiger partial charge in [0.2, 0.25) is 0 Å². The molecule has 0 saturated heterocycles. The van der Waals surface area contributed by atoms with E-state index >= 15 is 0 Å². The number of furan rings is 1. The van der Waals surface area contributed by atoms with Crippen LogP contribution in [-0.4, -0.2) is 18.0 Å². The highest BCUT2D eigenvalue weighted by Gasteiger charge is 2.24. The normalized spacial score (nSPS) is 11.9. The fourth-order valence-corrected chi connectivity index (χ4v) is 2.50. The molecule has 1 atom stereocenters. The molecule has 0 aliphatic heterocycles. The molecule has 0 radical (unpaired) electrons. The van der Waals surface area contributed by atoms with Crippen LogP contribution in [0, 0.1) is 27.7 Å². The Labute approximate surface area is 145 Å². The topological polar surface area (TPSA) is 68.5 Å². The van der Waals surface area contributed by atoms with Crippen molar-refractivity contribution in [1.82, 2.24) is 0 Å². The van der Waals surface area contributed by atoms with Crippen LogP contribution in [0.1, 0.15) is 39.9 Å². The Morgan fingerprint density at radius 1 is 1.17 bits per heavy atom. The van der Waals surface area contributed by atoms with E-state index in [0.717, 1.165) is 11.1 Å². The molecule has 1 aromatic carbocycles. The van der Waals surface area contributed by atoms with Gasteiger partial charge >= 0.3 is 5.97 Å². The highest BCUT2D eigenvalue weighted by Crippen LogP contribution is 2.23. The fourth-order valence-electron chi connectivity index (χ4n) is 2.33. The molecule has 6 heteroatoms. The summed E-state index contributed by atoms with van der Waals surface area (Å²) in [6.45, 7) is 8.62. The fraction of sp³-hybridized carbons (Fsp3) is 0.333. The Morgan fingerprint density at radius 3 is 2.42 bits per heavy atom. The summed E-state index contributed by atoms with van der Waals surface area (Å²) >= 11 is 5.93. The van der Waals surface area contributed by atoms with Gasteiger partial charge in [0.1, 0.15) is 17.1 Å². The van der Waals surface area contributed by atoms with Crippen LogP contribution in [0.2, 0.25) is 5.02 Å². The Kier molecular flexibility index (Phi) is 5.34. The summed E-state index contributed by atoms with van der Waals surface area (Å²) in [5.74, 6) is 0.135. The summed E-state index contributed by atoms with van der Waals surface area (Å²) in [7, 11) is 0. The van der Waals surface area contributed by atoms with Gasteiger partial charge in [-0.1, -0.05) is 17.7 Å². The smallest absolute Gasteiger partial charge is 0.342 e. The van der Waals surface area contributed by atoms with Gasteiger partial charge in [-0.15, -0.1) is 0 Å². The summed E-state index contributed by atoms with van der Waals surface area (Å²) < 4.78 is 10.7. The highest BCUT2D eigenvalue weighted by molar-refractivity contribution is 6.31. The SMILES string of the molecule is Cc1ccc(Cl)cc1NC(=O)[C@@H](C)OC(=O)c1c(C)oc(C)c1C. The van der Waals surface area contributed by atoms with Gasteiger partial charge in [0.15, 0.2) is 6.10 Å². The first-order valence-electron chi connectivity index (χ1n) is 7.55. The Bertz CT molecular complexity index is 795. The molecule has 2 aromatic rings. The number of esters is 1. The van der Waals surface area contributed by atoms with Gasteiger partial charge in [0.05, 0.1) is 0 Å². The molecule has 0 spiro atoms. The van der Waals surface area contributed by atoms with E-state index in [-0.39, 0.29) is 0 Å². The average Bonchev–Trinajstić information content (AvgIpc) is 2.75. The van der Waals surface area contributed by atoms with Crippen LogP contribution in [0.25, 0.3) is 0 Å². The van der Waals surface area contributed by atoms with Crippen LogP contribution in [0.4, 0.5) is 5.69 Å². The van der Waals surface area contributed by atoms with Crippen LogP contribution in [0.5, 0.6) is 0 Å². The molecule has 128 valence electrons. The number of hydrogen-bond acceptors (Lipinski definition) is 4. The lowest BCUT2D eigenvalue weighted by Crippen LogP contribution is -2.30. The minimum absolute atomic E-state index is 0.367. The van der Waals surface area contributed by atoms with E-state index in [4.69, 9.17) is 20.8 Å². The quantitative estimate of drug-likeness (QED) is 0.833. The van der Waals surface area contributed by atoms with Gasteiger partial charge in [0, 0.05) is 16.3 Å². The summed E-state index contributed by atoms with van der Waals surface area (Å²) in [5.41, 5.74) is 2.53. The first-order chi connectivity index (χ1) is 11.2. The van der Waals surface area contributed by atoms with E-state index in [2.05, 4.69) is 5.32 Å². The summed E-state index contributed by atoms with van der Waals surface area (Å²) in [6, 6.07) is 5.19. The van der Waals surface area contributed by atoms with Crippen molar-refractivity contribution >= 4 is 29.2 Å². The number of carbonyl (C=O) groups is 2. The standard InChI is InChI=1S/C18H20ClNO4/c1-9-6-7-14(19)8-15(9)20-17(21)13(5)24-18(22)16-10(2)11(3)23-12(16)4/h6-8,13H,1-5H3,(H,20,21)/t13-/m1/s1. The second kappa shape index (κ2) is 7.09. The van der Waals surface area contributed by atoms with Gasteiger partial charge in [0.25, 0.3) is 5.91 Å². The minimum Gasteiger partial charge on any atom is -0.465 e. The van der Waals surface area contributed by atoms with E-state index < -0.39 is 18.0 Å². The number of nitrogens with one attached hydrogen (secondary N) is 1. The van der Waals surface area contributed by atoms with Crippen molar-refractivity contribution in [2.75, 3.05) is 5.32 Å². The average molecular weight is 350 g/mol. The maximum absolute atomic E-state index is 12.3. The van der Waals surface area contributed by atoms with Crippen LogP contribution >= 0.6 is 11.6 Å². The van der Waals surface area contributed by atoms with Gasteiger partial charge in [-0.2, -0.15) is 0 Å². The molecule has 0 unspecified atom stereocenters. The van der Waals surface area contributed by atoms with Crippen LogP contribution < -0.4 is 5.32 Å². The Balaban J connectivity index is 2.08. The number of carbonyl (C=O) groups excluding carboxylic acids is 2. The third kappa shape index (κ3) is 3.79. The van der Waals surface area contributed by atoms with E-state index in [0.29, 0.717) is 27.8 Å². The Morgan fingerprint density at radius 2 is 1.83 bits per heavy atom.